The number of nitrogens with one attached hydrogen (secondary N) is 1. The van der Waals surface area contributed by atoms with E-state index in [0.717, 1.165) is 0 Å². The maximum atomic E-state index is 11.6. The van der Waals surface area contributed by atoms with Crippen LogP contribution in [0.2, 0.25) is 0 Å². The van der Waals surface area contributed by atoms with E-state index in [-0.39, 0.29) is 17.3 Å². The number of anilines is 1. The Morgan fingerprint density at radius 2 is 2.19 bits per heavy atom. The van der Waals surface area contributed by atoms with Crippen LogP contribution in [0.3, 0.4) is 0 Å². The van der Waals surface area contributed by atoms with Crippen molar-refractivity contribution in [2.24, 2.45) is 0 Å². The van der Waals surface area contributed by atoms with Crippen molar-refractivity contribution in [2.45, 2.75) is 6.92 Å². The highest BCUT2D eigenvalue weighted by Crippen LogP contribution is 2.23. The van der Waals surface area contributed by atoms with E-state index in [1.54, 1.807) is 13.0 Å². The Bertz CT molecular complexity index is 685. The number of amides is 1. The Balaban J connectivity index is 2.00. The van der Waals surface area contributed by atoms with Gasteiger partial charge in [0, 0.05) is 11.4 Å². The Morgan fingerprint density at radius 3 is 2.81 bits per heavy atom. The standard InChI is InChI=1S/C12H10BrN3O5/c1-6-15-16-12(21-6)14-10(17)5-20-9-4-7(13)2-3-8(9)11(18)19/h2-4H,5H2,1H3,(H,18,19)(H,14,16,17). The van der Waals surface area contributed by atoms with Crippen molar-refractivity contribution >= 4 is 33.8 Å². The normalized spacial score (nSPS) is 10.2. The maximum absolute atomic E-state index is 11.6. The summed E-state index contributed by atoms with van der Waals surface area (Å²) >= 11 is 3.20. The molecule has 0 aliphatic heterocycles. The lowest BCUT2D eigenvalue weighted by atomic mass is 10.2. The summed E-state index contributed by atoms with van der Waals surface area (Å²) in [4.78, 5) is 22.7. The number of aromatic carboxylic acids is 1. The van der Waals surface area contributed by atoms with Crippen molar-refractivity contribution in [1.29, 1.82) is 0 Å². The number of carboxylic acids is 1. The minimum absolute atomic E-state index is 0.0420. The van der Waals surface area contributed by atoms with Gasteiger partial charge in [-0.05, 0) is 18.2 Å². The van der Waals surface area contributed by atoms with Gasteiger partial charge in [0.25, 0.3) is 5.91 Å². The van der Waals surface area contributed by atoms with Crippen LogP contribution in [0, 0.1) is 6.92 Å². The number of aryl methyl sites for hydroxylation is 1. The van der Waals surface area contributed by atoms with Gasteiger partial charge in [-0.2, -0.15) is 0 Å². The topological polar surface area (TPSA) is 115 Å². The molecule has 0 radical (unpaired) electrons. The highest BCUT2D eigenvalue weighted by molar-refractivity contribution is 9.10. The highest BCUT2D eigenvalue weighted by Gasteiger charge is 2.14. The first-order chi connectivity index (χ1) is 9.95. The van der Waals surface area contributed by atoms with Crippen LogP contribution in [0.15, 0.2) is 27.1 Å². The molecule has 9 heteroatoms. The summed E-state index contributed by atoms with van der Waals surface area (Å²) in [6.45, 7) is 1.19. The van der Waals surface area contributed by atoms with Gasteiger partial charge in [-0.1, -0.05) is 21.0 Å². The molecular formula is C12H10BrN3O5. The van der Waals surface area contributed by atoms with Crippen LogP contribution in [-0.2, 0) is 4.79 Å². The van der Waals surface area contributed by atoms with Crippen LogP contribution in [-0.4, -0.2) is 33.8 Å². The van der Waals surface area contributed by atoms with Gasteiger partial charge in [0.1, 0.15) is 11.3 Å². The predicted molar refractivity (Wildman–Crippen MR) is 74.3 cm³/mol. The number of benzene rings is 1. The van der Waals surface area contributed by atoms with E-state index in [0.29, 0.717) is 10.4 Å². The molecule has 0 unspecified atom stereocenters. The van der Waals surface area contributed by atoms with Crippen LogP contribution >= 0.6 is 15.9 Å². The SMILES string of the molecule is Cc1nnc(NC(=O)COc2cc(Br)ccc2C(=O)O)o1. The van der Waals surface area contributed by atoms with Crippen molar-refractivity contribution in [2.75, 3.05) is 11.9 Å². The summed E-state index contributed by atoms with van der Waals surface area (Å²) in [6.07, 6.45) is 0. The molecule has 0 atom stereocenters. The molecule has 1 aromatic carbocycles. The molecule has 0 aliphatic rings. The van der Waals surface area contributed by atoms with Crippen molar-refractivity contribution in [3.8, 4) is 5.75 Å². The Labute approximate surface area is 127 Å². The van der Waals surface area contributed by atoms with E-state index < -0.39 is 18.5 Å². The minimum atomic E-state index is -1.15. The number of carbonyl (C=O) groups excluding carboxylic acids is 1. The van der Waals surface area contributed by atoms with Gasteiger partial charge < -0.3 is 14.3 Å². The summed E-state index contributed by atoms with van der Waals surface area (Å²) < 4.78 is 10.8. The lowest BCUT2D eigenvalue weighted by molar-refractivity contribution is -0.118. The van der Waals surface area contributed by atoms with Crippen LogP contribution < -0.4 is 10.1 Å². The summed E-state index contributed by atoms with van der Waals surface area (Å²) in [5.74, 6) is -1.31. The van der Waals surface area contributed by atoms with Gasteiger partial charge in [-0.15, -0.1) is 5.10 Å². The second-order valence-electron chi connectivity index (χ2n) is 3.91. The average Bonchev–Trinajstić information content (AvgIpc) is 2.81. The number of hydrogen-bond donors (Lipinski definition) is 2. The smallest absolute Gasteiger partial charge is 0.339 e. The molecule has 2 rings (SSSR count). The van der Waals surface area contributed by atoms with E-state index >= 15 is 0 Å². The van der Waals surface area contributed by atoms with Crippen molar-refractivity contribution in [3.63, 3.8) is 0 Å². The first-order valence-corrected chi connectivity index (χ1v) is 6.50. The molecular weight excluding hydrogens is 346 g/mol. The number of carbonyl (C=O) groups is 2. The fraction of sp³-hybridized carbons (Fsp3) is 0.167. The zero-order valence-corrected chi connectivity index (χ0v) is 12.4. The van der Waals surface area contributed by atoms with E-state index in [1.807, 2.05) is 0 Å². The molecule has 1 amide bonds. The Kier molecular flexibility index (Phi) is 4.53. The van der Waals surface area contributed by atoms with E-state index in [2.05, 4.69) is 31.4 Å². The predicted octanol–water partition coefficient (Wildman–Crippen LogP) is 1.86. The Morgan fingerprint density at radius 1 is 1.43 bits per heavy atom. The first kappa shape index (κ1) is 15.0. The van der Waals surface area contributed by atoms with Gasteiger partial charge in [0.05, 0.1) is 0 Å². The molecule has 110 valence electrons. The lowest BCUT2D eigenvalue weighted by Gasteiger charge is -2.08. The molecule has 2 aromatic rings. The average molecular weight is 356 g/mol. The number of aromatic nitrogens is 2. The van der Waals surface area contributed by atoms with E-state index in [1.165, 1.54) is 12.1 Å². The second kappa shape index (κ2) is 6.35. The molecule has 0 spiro atoms. The molecule has 0 aliphatic carbocycles. The summed E-state index contributed by atoms with van der Waals surface area (Å²) in [7, 11) is 0. The number of carboxylic acid groups (broad SMARTS) is 1. The fourth-order valence-corrected chi connectivity index (χ4v) is 1.78. The van der Waals surface area contributed by atoms with Crippen molar-refractivity contribution < 1.29 is 23.8 Å². The minimum Gasteiger partial charge on any atom is -0.483 e. The molecule has 21 heavy (non-hydrogen) atoms. The third-order valence-electron chi connectivity index (χ3n) is 2.31. The number of rotatable bonds is 5. The number of hydrogen-bond acceptors (Lipinski definition) is 6. The third kappa shape index (κ3) is 4.02. The highest BCUT2D eigenvalue weighted by atomic mass is 79.9. The van der Waals surface area contributed by atoms with E-state index in [4.69, 9.17) is 14.3 Å². The largest absolute Gasteiger partial charge is 0.483 e. The molecule has 2 N–H and O–H groups in total. The first-order valence-electron chi connectivity index (χ1n) is 5.71. The quantitative estimate of drug-likeness (QED) is 0.840. The van der Waals surface area contributed by atoms with Crippen molar-refractivity contribution in [1.82, 2.24) is 10.2 Å². The summed E-state index contributed by atoms with van der Waals surface area (Å²) in [5, 5.41) is 18.5. The molecule has 0 saturated carbocycles. The van der Waals surface area contributed by atoms with Gasteiger partial charge in [0.15, 0.2) is 6.61 Å². The lowest BCUT2D eigenvalue weighted by Crippen LogP contribution is -2.21. The van der Waals surface area contributed by atoms with Crippen molar-refractivity contribution in [3.05, 3.63) is 34.1 Å². The molecule has 0 saturated heterocycles. The van der Waals surface area contributed by atoms with Crippen LogP contribution in [0.25, 0.3) is 0 Å². The maximum Gasteiger partial charge on any atom is 0.339 e. The molecule has 1 heterocycles. The number of nitrogens with zero attached hydrogens (tertiary/aromatic N) is 2. The Hall–Kier alpha value is -2.42. The summed E-state index contributed by atoms with van der Waals surface area (Å²) in [5.41, 5.74) is -0.0420. The fourth-order valence-electron chi connectivity index (χ4n) is 1.44. The number of halogens is 1. The second-order valence-corrected chi connectivity index (χ2v) is 4.82. The monoisotopic (exact) mass is 355 g/mol. The van der Waals surface area contributed by atoms with Gasteiger partial charge in [-0.3, -0.25) is 10.1 Å². The molecule has 8 nitrogen and oxygen atoms in total. The van der Waals surface area contributed by atoms with Crippen LogP contribution in [0.4, 0.5) is 6.01 Å². The third-order valence-corrected chi connectivity index (χ3v) is 2.80. The van der Waals surface area contributed by atoms with Crippen LogP contribution in [0.5, 0.6) is 5.75 Å². The van der Waals surface area contributed by atoms with Crippen LogP contribution in [0.1, 0.15) is 16.2 Å². The zero-order valence-electron chi connectivity index (χ0n) is 10.8. The van der Waals surface area contributed by atoms with Gasteiger partial charge in [-0.25, -0.2) is 4.79 Å². The van der Waals surface area contributed by atoms with Gasteiger partial charge in [0.2, 0.25) is 5.89 Å². The molecule has 0 fully saturated rings. The van der Waals surface area contributed by atoms with Gasteiger partial charge >= 0.3 is 12.0 Å². The summed E-state index contributed by atoms with van der Waals surface area (Å²) in [6, 6.07) is 4.36. The molecule has 0 bridgehead atoms. The molecule has 1 aromatic heterocycles. The number of ether oxygens (including phenoxy) is 1. The van der Waals surface area contributed by atoms with E-state index in [9.17, 15) is 9.59 Å². The zero-order chi connectivity index (χ0) is 15.4.